The Morgan fingerprint density at radius 2 is 1.72 bits per heavy atom. The van der Waals surface area contributed by atoms with Crippen LogP contribution < -0.4 is 5.32 Å². The van der Waals surface area contributed by atoms with Crippen LogP contribution in [0.4, 0.5) is 0 Å². The molecular formula is C16H27NO. The van der Waals surface area contributed by atoms with Crippen LogP contribution in [-0.4, -0.2) is 24.3 Å². The first kappa shape index (κ1) is 11.7. The van der Waals surface area contributed by atoms with Gasteiger partial charge in [-0.1, -0.05) is 12.8 Å². The number of ether oxygens (including phenoxy) is 1. The van der Waals surface area contributed by atoms with E-state index in [2.05, 4.69) is 5.32 Å². The lowest BCUT2D eigenvalue weighted by molar-refractivity contribution is -0.0457. The van der Waals surface area contributed by atoms with E-state index in [0.717, 1.165) is 6.04 Å². The highest BCUT2D eigenvalue weighted by molar-refractivity contribution is 5.01. The Morgan fingerprint density at radius 3 is 2.39 bits per heavy atom. The second-order valence-corrected chi connectivity index (χ2v) is 7.53. The van der Waals surface area contributed by atoms with Gasteiger partial charge >= 0.3 is 0 Å². The van der Waals surface area contributed by atoms with Gasteiger partial charge in [-0.2, -0.15) is 0 Å². The Balaban J connectivity index is 1.29. The van der Waals surface area contributed by atoms with E-state index in [-0.39, 0.29) is 0 Å². The molecule has 2 nitrogen and oxygen atoms in total. The minimum atomic E-state index is 0.338. The summed E-state index contributed by atoms with van der Waals surface area (Å²) in [5.74, 6) is 0. The van der Waals surface area contributed by atoms with Crippen molar-refractivity contribution in [3.8, 4) is 0 Å². The van der Waals surface area contributed by atoms with Crippen molar-refractivity contribution in [2.45, 2.75) is 88.4 Å². The Kier molecular flexibility index (Phi) is 2.74. The molecule has 1 N–H and O–H groups in total. The van der Waals surface area contributed by atoms with Gasteiger partial charge in [-0.25, -0.2) is 0 Å². The lowest BCUT2D eigenvalue weighted by atomic mass is 9.94. The van der Waals surface area contributed by atoms with Crippen molar-refractivity contribution < 1.29 is 4.74 Å². The van der Waals surface area contributed by atoms with Gasteiger partial charge in [-0.05, 0) is 63.2 Å². The molecule has 1 unspecified atom stereocenters. The summed E-state index contributed by atoms with van der Waals surface area (Å²) in [5, 5.41) is 3.74. The summed E-state index contributed by atoms with van der Waals surface area (Å²) >= 11 is 0. The van der Waals surface area contributed by atoms with Gasteiger partial charge in [0.2, 0.25) is 0 Å². The lowest BCUT2D eigenvalue weighted by Gasteiger charge is -2.26. The normalized spacial score (nSPS) is 36.3. The van der Waals surface area contributed by atoms with Gasteiger partial charge in [0.25, 0.3) is 0 Å². The number of hydrogen-bond acceptors (Lipinski definition) is 2. The van der Waals surface area contributed by atoms with Gasteiger partial charge in [-0.15, -0.1) is 0 Å². The second kappa shape index (κ2) is 4.21. The molecule has 1 spiro atoms. The van der Waals surface area contributed by atoms with Gasteiger partial charge < -0.3 is 10.1 Å². The van der Waals surface area contributed by atoms with Crippen LogP contribution in [0.1, 0.15) is 70.6 Å². The molecular weight excluding hydrogens is 222 g/mol. The highest BCUT2D eigenvalue weighted by atomic mass is 16.5. The largest absolute Gasteiger partial charge is 0.372 e. The van der Waals surface area contributed by atoms with E-state index in [1.165, 1.54) is 77.2 Å². The van der Waals surface area contributed by atoms with Crippen molar-refractivity contribution in [1.82, 2.24) is 5.32 Å². The molecule has 0 aromatic carbocycles. The zero-order valence-electron chi connectivity index (χ0n) is 11.5. The zero-order chi connectivity index (χ0) is 12.1. The Bertz CT molecular complexity index is 313. The molecule has 102 valence electrons. The number of hydrogen-bond donors (Lipinski definition) is 1. The van der Waals surface area contributed by atoms with Crippen LogP contribution in [0.15, 0.2) is 0 Å². The van der Waals surface area contributed by atoms with Crippen LogP contribution in [0.2, 0.25) is 0 Å². The molecule has 18 heavy (non-hydrogen) atoms. The van der Waals surface area contributed by atoms with Crippen molar-refractivity contribution >= 4 is 0 Å². The van der Waals surface area contributed by atoms with Gasteiger partial charge in [-0.3, -0.25) is 0 Å². The molecule has 1 saturated heterocycles. The highest BCUT2D eigenvalue weighted by Gasteiger charge is 2.49. The van der Waals surface area contributed by atoms with Crippen LogP contribution in [-0.2, 0) is 4.74 Å². The Hall–Kier alpha value is -0.0800. The summed E-state index contributed by atoms with van der Waals surface area (Å²) < 4.78 is 6.48. The third kappa shape index (κ3) is 2.34. The molecule has 1 heterocycles. The molecule has 4 rings (SSSR count). The van der Waals surface area contributed by atoms with Crippen LogP contribution in [0.25, 0.3) is 0 Å². The van der Waals surface area contributed by atoms with Crippen molar-refractivity contribution in [3.63, 3.8) is 0 Å². The summed E-state index contributed by atoms with van der Waals surface area (Å²) in [6.07, 6.45) is 15.8. The summed E-state index contributed by atoms with van der Waals surface area (Å²) in [4.78, 5) is 0. The maximum absolute atomic E-state index is 6.48. The van der Waals surface area contributed by atoms with Gasteiger partial charge in [0, 0.05) is 12.6 Å². The smallest absolute Gasteiger partial charge is 0.0687 e. The fourth-order valence-electron chi connectivity index (χ4n) is 4.19. The van der Waals surface area contributed by atoms with E-state index >= 15 is 0 Å². The van der Waals surface area contributed by atoms with Gasteiger partial charge in [0.15, 0.2) is 0 Å². The summed E-state index contributed by atoms with van der Waals surface area (Å²) in [5.41, 5.74) is 0.974. The van der Waals surface area contributed by atoms with Crippen LogP contribution in [0, 0.1) is 5.41 Å². The Morgan fingerprint density at radius 1 is 0.944 bits per heavy atom. The fourth-order valence-corrected chi connectivity index (χ4v) is 4.19. The summed E-state index contributed by atoms with van der Waals surface area (Å²) in [6.45, 7) is 1.27. The van der Waals surface area contributed by atoms with E-state index in [0.29, 0.717) is 17.1 Å². The fraction of sp³-hybridized carbons (Fsp3) is 1.00. The molecule has 0 bridgehead atoms. The average molecular weight is 249 g/mol. The summed E-state index contributed by atoms with van der Waals surface area (Å²) in [7, 11) is 0. The first-order chi connectivity index (χ1) is 8.78. The maximum Gasteiger partial charge on any atom is 0.0687 e. The van der Waals surface area contributed by atoms with Crippen molar-refractivity contribution in [2.24, 2.45) is 5.41 Å². The molecule has 1 aliphatic heterocycles. The Labute approximate surface area is 111 Å². The average Bonchev–Trinajstić information content (AvgIpc) is 3.26. The predicted octanol–water partition coefficient (Wildman–Crippen LogP) is 3.40. The molecule has 1 atom stereocenters. The zero-order valence-corrected chi connectivity index (χ0v) is 11.5. The van der Waals surface area contributed by atoms with Gasteiger partial charge in [0.1, 0.15) is 0 Å². The highest BCUT2D eigenvalue weighted by Crippen LogP contribution is 2.53. The van der Waals surface area contributed by atoms with Crippen LogP contribution >= 0.6 is 0 Å². The molecule has 0 aromatic heterocycles. The maximum atomic E-state index is 6.48. The monoisotopic (exact) mass is 249 g/mol. The minimum Gasteiger partial charge on any atom is -0.372 e. The third-order valence-electron chi connectivity index (χ3n) is 5.81. The number of rotatable bonds is 5. The molecule has 0 amide bonds. The minimum absolute atomic E-state index is 0.338. The van der Waals surface area contributed by atoms with E-state index in [1.807, 2.05) is 0 Å². The first-order valence-corrected chi connectivity index (χ1v) is 8.19. The van der Waals surface area contributed by atoms with E-state index in [9.17, 15) is 0 Å². The first-order valence-electron chi connectivity index (χ1n) is 8.19. The van der Waals surface area contributed by atoms with Crippen molar-refractivity contribution in [3.05, 3.63) is 0 Å². The molecule has 0 aromatic rings. The molecule has 0 radical (unpaired) electrons. The van der Waals surface area contributed by atoms with Crippen LogP contribution in [0.5, 0.6) is 0 Å². The van der Waals surface area contributed by atoms with E-state index < -0.39 is 0 Å². The van der Waals surface area contributed by atoms with Crippen molar-refractivity contribution in [1.29, 1.82) is 0 Å². The lowest BCUT2D eigenvalue weighted by Crippen LogP contribution is -2.30. The molecule has 3 aliphatic carbocycles. The third-order valence-corrected chi connectivity index (χ3v) is 5.81. The molecule has 4 fully saturated rings. The van der Waals surface area contributed by atoms with Gasteiger partial charge in [0.05, 0.1) is 11.7 Å². The number of nitrogens with one attached hydrogen (secondary N) is 1. The van der Waals surface area contributed by atoms with Crippen molar-refractivity contribution in [2.75, 3.05) is 6.54 Å². The predicted molar refractivity (Wildman–Crippen MR) is 72.6 cm³/mol. The standard InChI is InChI=1S/C16H27NO/c1-2-7-16(6-1)8-5-14(18-16)11-15(9-10-15)12-17-13-3-4-13/h13-14,17H,1-12H2. The van der Waals surface area contributed by atoms with E-state index in [4.69, 9.17) is 4.74 Å². The molecule has 2 heteroatoms. The van der Waals surface area contributed by atoms with E-state index in [1.54, 1.807) is 0 Å². The quantitative estimate of drug-likeness (QED) is 0.806. The summed E-state index contributed by atoms with van der Waals surface area (Å²) in [6, 6.07) is 0.869. The van der Waals surface area contributed by atoms with Crippen LogP contribution in [0.3, 0.4) is 0 Å². The SMILES string of the molecule is C1CCC2(C1)CCC(CC1(CNC3CC3)CC1)O2. The molecule has 4 aliphatic rings. The molecule has 3 saturated carbocycles. The second-order valence-electron chi connectivity index (χ2n) is 7.53. The topological polar surface area (TPSA) is 21.3 Å².